The predicted molar refractivity (Wildman–Crippen MR) is 187 cm³/mol. The van der Waals surface area contributed by atoms with E-state index in [1.807, 2.05) is 47.6 Å². The van der Waals surface area contributed by atoms with Crippen LogP contribution >= 0.6 is 0 Å². The number of carbonyl (C=O) groups is 1. The van der Waals surface area contributed by atoms with Crippen molar-refractivity contribution in [2.75, 3.05) is 14.1 Å². The minimum absolute atomic E-state index is 0.157. The summed E-state index contributed by atoms with van der Waals surface area (Å²) < 4.78 is 0. The van der Waals surface area contributed by atoms with E-state index in [1.165, 1.54) is 29.5 Å². The number of allylic oxidation sites excluding steroid dienone is 4. The highest BCUT2D eigenvalue weighted by Crippen LogP contribution is 2.29. The van der Waals surface area contributed by atoms with Crippen LogP contribution < -0.4 is 5.32 Å². The highest BCUT2D eigenvalue weighted by atomic mass is 16.1. The number of aliphatic imine (C=N–C) groups is 1. The summed E-state index contributed by atoms with van der Waals surface area (Å²) >= 11 is 0. The van der Waals surface area contributed by atoms with Crippen LogP contribution in [0, 0.1) is 17.2 Å². The lowest BCUT2D eigenvalue weighted by Gasteiger charge is -2.16. The fourth-order valence-corrected chi connectivity index (χ4v) is 2.96. The third kappa shape index (κ3) is 36.9. The van der Waals surface area contributed by atoms with E-state index in [0.717, 1.165) is 42.9 Å². The van der Waals surface area contributed by atoms with Gasteiger partial charge in [-0.25, -0.2) is 0 Å². The van der Waals surface area contributed by atoms with Crippen LogP contribution in [0.3, 0.4) is 0 Å². The number of nitriles is 1. The lowest BCUT2D eigenvalue weighted by atomic mass is 9.86. The van der Waals surface area contributed by atoms with Crippen LogP contribution in [-0.2, 0) is 11.2 Å². The molecule has 0 fully saturated rings. The van der Waals surface area contributed by atoms with Crippen molar-refractivity contribution >= 4 is 12.1 Å². The molecule has 1 N–H and O–H groups in total. The van der Waals surface area contributed by atoms with Gasteiger partial charge in [0.25, 0.3) is 0 Å². The van der Waals surface area contributed by atoms with Crippen molar-refractivity contribution < 1.29 is 4.79 Å². The molecule has 0 spiro atoms. The van der Waals surface area contributed by atoms with Crippen LogP contribution in [0.1, 0.15) is 125 Å². The summed E-state index contributed by atoms with van der Waals surface area (Å²) in [7, 11) is 3.32. The average Bonchev–Trinajstić information content (AvgIpc) is 2.99. The summed E-state index contributed by atoms with van der Waals surface area (Å²) in [6, 6.07) is 11.2. The Balaban J connectivity index is -0.000000223. The van der Waals surface area contributed by atoms with E-state index in [-0.39, 0.29) is 5.92 Å². The molecule has 0 radical (unpaired) electrons. The van der Waals surface area contributed by atoms with Crippen molar-refractivity contribution in [1.29, 1.82) is 5.26 Å². The molecule has 0 aliphatic heterocycles. The Labute approximate surface area is 256 Å². The molecule has 41 heavy (non-hydrogen) atoms. The van der Waals surface area contributed by atoms with Crippen LogP contribution in [0.5, 0.6) is 0 Å². The van der Waals surface area contributed by atoms with Crippen molar-refractivity contribution in [1.82, 2.24) is 5.32 Å². The zero-order chi connectivity index (χ0) is 33.1. The second-order valence-electron chi connectivity index (χ2n) is 9.45. The number of nitrogens with one attached hydrogen (secondary N) is 1. The van der Waals surface area contributed by atoms with Crippen LogP contribution in [0.15, 0.2) is 71.4 Å². The second kappa shape index (κ2) is 39.0. The monoisotopic (exact) mass is 568 g/mol. The molecule has 0 aliphatic carbocycles. The van der Waals surface area contributed by atoms with Crippen molar-refractivity contribution in [3.63, 3.8) is 0 Å². The number of hydrogen-bond donors (Lipinski definition) is 1. The van der Waals surface area contributed by atoms with Gasteiger partial charge >= 0.3 is 0 Å². The Bertz CT molecular complexity index is 862. The molecular formula is C37H65N3O. The van der Waals surface area contributed by atoms with E-state index < -0.39 is 0 Å². The van der Waals surface area contributed by atoms with E-state index >= 15 is 0 Å². The normalized spacial score (nSPS) is 10.3. The maximum Gasteiger partial charge on any atom is 0.206 e. The fraction of sp³-hybridized carbons (Fsp3) is 0.568. The SMILES string of the molecule is C=C(C)CCCCc1ccc(C(CCC)/C(C#N)=C/C(C)=NC)cc1.C=C=CC.CC.CC.CC(C)C.CNC=O. The molecule has 1 atom stereocenters. The molecule has 1 amide bonds. The van der Waals surface area contributed by atoms with Crippen molar-refractivity contribution in [2.24, 2.45) is 10.9 Å². The summed E-state index contributed by atoms with van der Waals surface area (Å²) in [6.45, 7) is 29.8. The van der Waals surface area contributed by atoms with Crippen LogP contribution in [0.2, 0.25) is 0 Å². The molecular weight excluding hydrogens is 502 g/mol. The third-order valence-electron chi connectivity index (χ3n) is 4.82. The van der Waals surface area contributed by atoms with Crippen molar-refractivity contribution in [2.45, 2.75) is 121 Å². The number of hydrogen-bond acceptors (Lipinski definition) is 3. The quantitative estimate of drug-likeness (QED) is 0.0721. The summed E-state index contributed by atoms with van der Waals surface area (Å²) in [5, 5.41) is 11.8. The van der Waals surface area contributed by atoms with Gasteiger partial charge in [0.05, 0.1) is 6.07 Å². The van der Waals surface area contributed by atoms with E-state index in [4.69, 9.17) is 4.79 Å². The average molecular weight is 568 g/mol. The molecule has 0 aromatic heterocycles. The lowest BCUT2D eigenvalue weighted by Crippen LogP contribution is -2.04. The first kappa shape index (κ1) is 47.6. The number of nitrogens with zero attached hydrogens (tertiary/aromatic N) is 2. The lowest BCUT2D eigenvalue weighted by molar-refractivity contribution is -0.109. The molecule has 234 valence electrons. The van der Waals surface area contributed by atoms with Gasteiger partial charge in [-0.05, 0) is 82.1 Å². The van der Waals surface area contributed by atoms with Crippen molar-refractivity contribution in [3.8, 4) is 6.07 Å². The molecule has 1 aromatic rings. The topological polar surface area (TPSA) is 65.2 Å². The van der Waals surface area contributed by atoms with E-state index in [9.17, 15) is 5.26 Å². The first-order valence-corrected chi connectivity index (χ1v) is 15.3. The number of aryl methyl sites for hydroxylation is 1. The largest absolute Gasteiger partial charge is 0.362 e. The fourth-order valence-electron chi connectivity index (χ4n) is 2.96. The van der Waals surface area contributed by atoms with Gasteiger partial charge in [0, 0.05) is 31.3 Å². The van der Waals surface area contributed by atoms with Crippen LogP contribution in [0.25, 0.3) is 0 Å². The number of unbranched alkanes of at least 4 members (excludes halogenated alkanes) is 1. The highest BCUT2D eigenvalue weighted by molar-refractivity contribution is 5.94. The van der Waals surface area contributed by atoms with Gasteiger partial charge in [0.15, 0.2) is 0 Å². The van der Waals surface area contributed by atoms with E-state index in [1.54, 1.807) is 20.2 Å². The Kier molecular flexibility index (Phi) is 45.3. The Hall–Kier alpha value is -3.15. The molecule has 1 unspecified atom stereocenters. The second-order valence-corrected chi connectivity index (χ2v) is 9.45. The standard InChI is InChI=1S/C23H32N2.C4H10.C4H6.C2H5NO.2C2H6/c1-6-9-23(22(17-24)16-19(4)25-5)21-14-12-20(13-15-21)11-8-7-10-18(2)3;1-4(2)3;1-3-4-2;1-3-2-4;2*1-2/h12-16,23H,2,6-11H2,1,3-5H3;4H,1-3H3;4H,1H2,2H3;2H,1H3,(H,3,4);2*1-2H3/b22-16+,25-19?;;;;;. The van der Waals surface area contributed by atoms with Gasteiger partial charge in [0.1, 0.15) is 0 Å². The summed E-state index contributed by atoms with van der Waals surface area (Å²) in [6.07, 6.45) is 11.0. The number of amides is 1. The number of benzene rings is 1. The molecule has 1 aromatic carbocycles. The minimum Gasteiger partial charge on any atom is -0.362 e. The van der Waals surface area contributed by atoms with Gasteiger partial charge in [-0.15, -0.1) is 12.3 Å². The zero-order valence-electron chi connectivity index (χ0n) is 29.2. The van der Waals surface area contributed by atoms with Crippen molar-refractivity contribution in [3.05, 3.63) is 77.6 Å². The van der Waals surface area contributed by atoms with Gasteiger partial charge in [-0.2, -0.15) is 5.26 Å². The van der Waals surface area contributed by atoms with Gasteiger partial charge in [-0.3, -0.25) is 9.79 Å². The zero-order valence-corrected chi connectivity index (χ0v) is 29.2. The number of carbonyl (C=O) groups excluding carboxylic acids is 1. The van der Waals surface area contributed by atoms with Crippen LogP contribution in [0.4, 0.5) is 0 Å². The molecule has 0 saturated heterocycles. The third-order valence-corrected chi connectivity index (χ3v) is 4.82. The molecule has 0 heterocycles. The summed E-state index contributed by atoms with van der Waals surface area (Å²) in [4.78, 5) is 13.2. The Morgan fingerprint density at radius 2 is 1.54 bits per heavy atom. The smallest absolute Gasteiger partial charge is 0.206 e. The maximum atomic E-state index is 9.59. The van der Waals surface area contributed by atoms with Gasteiger partial charge in [-0.1, -0.05) is 98.2 Å². The first-order valence-electron chi connectivity index (χ1n) is 15.3. The molecule has 4 heteroatoms. The Morgan fingerprint density at radius 1 is 1.07 bits per heavy atom. The van der Waals surface area contributed by atoms with Crippen LogP contribution in [-0.4, -0.2) is 26.2 Å². The molecule has 1 rings (SSSR count). The van der Waals surface area contributed by atoms with E-state index in [2.05, 4.69) is 94.2 Å². The maximum absolute atomic E-state index is 9.59. The summed E-state index contributed by atoms with van der Waals surface area (Å²) in [5.41, 5.74) is 8.11. The molecule has 0 bridgehead atoms. The first-order chi connectivity index (χ1) is 19.6. The summed E-state index contributed by atoms with van der Waals surface area (Å²) in [5.74, 6) is 0.990. The van der Waals surface area contributed by atoms with Gasteiger partial charge < -0.3 is 5.32 Å². The molecule has 0 saturated carbocycles. The number of rotatable bonds is 11. The molecule has 0 aliphatic rings. The molecule has 4 nitrogen and oxygen atoms in total. The predicted octanol–water partition coefficient (Wildman–Crippen LogP) is 10.8. The van der Waals surface area contributed by atoms with E-state index in [0.29, 0.717) is 6.41 Å². The highest BCUT2D eigenvalue weighted by Gasteiger charge is 2.16. The van der Waals surface area contributed by atoms with Gasteiger partial charge in [0.2, 0.25) is 6.41 Å². The minimum atomic E-state index is 0.157. The Morgan fingerprint density at radius 3 is 1.85 bits per heavy atom.